The Morgan fingerprint density at radius 2 is 0.679 bits per heavy atom. The predicted molar refractivity (Wildman–Crippen MR) is 297 cm³/mol. The first kappa shape index (κ1) is 52.7. The first-order valence-electron chi connectivity index (χ1n) is 27.7. The van der Waals surface area contributed by atoms with Crippen molar-refractivity contribution < 1.29 is 38.4 Å². The Bertz CT molecular complexity index is 3290. The second kappa shape index (κ2) is 18.4. The van der Waals surface area contributed by atoms with Crippen LogP contribution in [0.2, 0.25) is 0 Å². The molecule has 5 aromatic carbocycles. The number of hydrogen-bond donors (Lipinski definition) is 0. The third-order valence-corrected chi connectivity index (χ3v) is 19.7. The molecule has 4 aliphatic heterocycles. The molecule has 0 aromatic heterocycles. The zero-order chi connectivity index (χ0) is 55.9. The fraction of sp³-hybridized carbons (Fsp3) is 0.424. The van der Waals surface area contributed by atoms with E-state index in [9.17, 15) is 38.4 Å². The number of rotatable bonds is 7. The van der Waals surface area contributed by atoms with E-state index in [4.69, 9.17) is 0 Å². The van der Waals surface area contributed by atoms with Crippen molar-refractivity contribution in [3.8, 4) is 0 Å². The summed E-state index contributed by atoms with van der Waals surface area (Å²) in [5, 5.41) is 0. The van der Waals surface area contributed by atoms with Gasteiger partial charge in [0.2, 0.25) is 47.3 Å². The van der Waals surface area contributed by atoms with E-state index in [-0.39, 0.29) is 94.6 Å². The van der Waals surface area contributed by atoms with Gasteiger partial charge in [-0.15, -0.1) is 0 Å². The van der Waals surface area contributed by atoms with E-state index < -0.39 is 47.3 Å². The first-order valence-corrected chi connectivity index (χ1v) is 27.7. The normalized spacial score (nSPS) is 28.2. The quantitative estimate of drug-likeness (QED) is 0.146. The minimum absolute atomic E-state index is 0.126. The van der Waals surface area contributed by atoms with Gasteiger partial charge >= 0.3 is 0 Å². The molecule has 4 heterocycles. The average molecular weight is 1050 g/mol. The highest BCUT2D eigenvalue weighted by Crippen LogP contribution is 2.55. The summed E-state index contributed by atoms with van der Waals surface area (Å²) in [4.78, 5) is 109. The number of fused-ring (bicyclic) bond motifs is 5. The number of benzene rings is 5. The molecule has 7 aliphatic rings. The van der Waals surface area contributed by atoms with Crippen LogP contribution in [-0.2, 0) is 60.0 Å². The maximum Gasteiger partial charge on any atom is 0.237 e. The molecule has 0 bridgehead atoms. The van der Waals surface area contributed by atoms with Crippen LogP contribution >= 0.6 is 0 Å². The first-order chi connectivity index (χ1) is 36.8. The molecule has 6 fully saturated rings. The molecule has 12 rings (SSSR count). The molecule has 2 saturated carbocycles. The Hall–Kier alpha value is -7.34. The molecule has 12 nitrogen and oxygen atoms in total. The van der Waals surface area contributed by atoms with Crippen LogP contribution in [0.3, 0.4) is 0 Å². The van der Waals surface area contributed by atoms with Crippen molar-refractivity contribution in [1.29, 1.82) is 0 Å². The summed E-state index contributed by atoms with van der Waals surface area (Å²) in [6.07, 6.45) is 1.98. The fourth-order valence-corrected chi connectivity index (χ4v) is 14.8. The van der Waals surface area contributed by atoms with E-state index >= 15 is 0 Å². The standard InChI is InChI=1S/C36H38N2O4.C30H32N2O4/c1-21-7-9-22(10-8-21)35(2,3)23-11-13-24(14-12-23)36(4,5)25-15-17-26(18-16-25)38-33(41)29-19-27-28(20-30(29)34(38)42)32(40)37(6)31(27)39;1-16-6-8-17(9-7-16)30(4)15-29(2,3)24-12-18(10-11-23(24)30)32-27(35)21-13-19-20(14-22(21)28(32)36)26(34)31(5)25(19)33/h7-18,27-30H,19-20H2,1-6H3;6-12,19-22H,13-15H2,1-5H3. The molecular weight excluding hydrogens is 977 g/mol. The molecule has 0 N–H and O–H groups in total. The third-order valence-electron chi connectivity index (χ3n) is 19.7. The SMILES string of the molecule is Cc1ccc(C(C)(C)c2ccc(C(C)(C)c3ccc(N4C(=O)C5CC6C(=O)N(C)C(=O)C6CC5C4=O)cc3)cc2)cc1.Cc1ccc(C2(C)CC(C)(C)c3cc(N4C(=O)C5CC6C(=O)N(C)C(=O)C6CC5C4=O)ccc32)cc1. The molecule has 78 heavy (non-hydrogen) atoms. The molecule has 3 aliphatic carbocycles. The van der Waals surface area contributed by atoms with Crippen LogP contribution in [0.5, 0.6) is 0 Å². The molecule has 0 spiro atoms. The van der Waals surface area contributed by atoms with E-state index in [1.54, 1.807) is 0 Å². The van der Waals surface area contributed by atoms with Crippen molar-refractivity contribution in [3.05, 3.63) is 165 Å². The number of carbonyl (C=O) groups excluding carboxylic acids is 8. The van der Waals surface area contributed by atoms with Gasteiger partial charge in [0, 0.05) is 30.3 Å². The van der Waals surface area contributed by atoms with Gasteiger partial charge in [-0.1, -0.05) is 151 Å². The van der Waals surface area contributed by atoms with Crippen molar-refractivity contribution >= 4 is 58.6 Å². The molecule has 9 atom stereocenters. The Morgan fingerprint density at radius 3 is 1.05 bits per heavy atom. The van der Waals surface area contributed by atoms with Crippen molar-refractivity contribution in [1.82, 2.24) is 9.80 Å². The van der Waals surface area contributed by atoms with Crippen LogP contribution in [0.1, 0.15) is 131 Å². The van der Waals surface area contributed by atoms with Crippen LogP contribution in [0.25, 0.3) is 0 Å². The van der Waals surface area contributed by atoms with Crippen LogP contribution in [-0.4, -0.2) is 71.2 Å². The minimum atomic E-state index is -0.555. The van der Waals surface area contributed by atoms with E-state index in [1.807, 2.05) is 36.4 Å². The summed E-state index contributed by atoms with van der Waals surface area (Å²) < 4.78 is 0. The topological polar surface area (TPSA) is 150 Å². The highest BCUT2D eigenvalue weighted by atomic mass is 16.2. The average Bonchev–Trinajstić information content (AvgIpc) is 4.26. The van der Waals surface area contributed by atoms with E-state index in [0.717, 1.165) is 27.3 Å². The molecule has 9 unspecified atom stereocenters. The van der Waals surface area contributed by atoms with Crippen LogP contribution < -0.4 is 9.80 Å². The van der Waals surface area contributed by atoms with Gasteiger partial charge in [0.15, 0.2) is 0 Å². The van der Waals surface area contributed by atoms with Gasteiger partial charge in [0.05, 0.1) is 58.7 Å². The number of aryl methyl sites for hydroxylation is 2. The predicted octanol–water partition coefficient (Wildman–Crippen LogP) is 9.89. The van der Waals surface area contributed by atoms with Crippen LogP contribution in [0.4, 0.5) is 11.4 Å². The van der Waals surface area contributed by atoms with Crippen molar-refractivity contribution in [2.75, 3.05) is 23.9 Å². The number of anilines is 2. The number of likely N-dealkylation sites (tertiary alicyclic amines) is 2. The second-order valence-corrected chi connectivity index (χ2v) is 25.5. The Balaban J connectivity index is 0.000000167. The maximum atomic E-state index is 13.5. The number of hydrogen-bond acceptors (Lipinski definition) is 8. The minimum Gasteiger partial charge on any atom is -0.285 e. The number of nitrogens with zero attached hydrogens (tertiary/aromatic N) is 4. The molecule has 8 amide bonds. The lowest BCUT2D eigenvalue weighted by molar-refractivity contribution is -0.139. The van der Waals surface area contributed by atoms with Gasteiger partial charge in [0.1, 0.15) is 0 Å². The number of carbonyl (C=O) groups is 8. The van der Waals surface area contributed by atoms with Crippen molar-refractivity contribution in [3.63, 3.8) is 0 Å². The maximum absolute atomic E-state index is 13.5. The van der Waals surface area contributed by atoms with Gasteiger partial charge in [-0.05, 0) is 115 Å². The summed E-state index contributed by atoms with van der Waals surface area (Å²) in [5.41, 5.74) is 11.3. The highest BCUT2D eigenvalue weighted by molar-refractivity contribution is 6.24. The smallest absolute Gasteiger partial charge is 0.237 e. The molecular formula is C66H70N4O8. The Morgan fingerprint density at radius 1 is 0.385 bits per heavy atom. The number of amides is 8. The summed E-state index contributed by atoms with van der Waals surface area (Å²) in [6, 6.07) is 39.8. The van der Waals surface area contributed by atoms with Gasteiger partial charge in [0.25, 0.3) is 0 Å². The van der Waals surface area contributed by atoms with Gasteiger partial charge in [-0.3, -0.25) is 58.0 Å². The van der Waals surface area contributed by atoms with Crippen molar-refractivity contribution in [2.24, 2.45) is 47.3 Å². The molecule has 4 saturated heterocycles. The summed E-state index contributed by atoms with van der Waals surface area (Å²) >= 11 is 0. The Labute approximate surface area is 457 Å². The van der Waals surface area contributed by atoms with E-state index in [2.05, 4.69) is 141 Å². The zero-order valence-corrected chi connectivity index (χ0v) is 46.7. The lowest BCUT2D eigenvalue weighted by atomic mass is 9.70. The lowest BCUT2D eigenvalue weighted by Crippen LogP contribution is -2.35. The van der Waals surface area contributed by atoms with E-state index in [0.29, 0.717) is 11.4 Å². The van der Waals surface area contributed by atoms with Gasteiger partial charge in [-0.2, -0.15) is 0 Å². The monoisotopic (exact) mass is 1050 g/mol. The summed E-state index contributed by atoms with van der Waals surface area (Å²) in [7, 11) is 2.98. The summed E-state index contributed by atoms with van der Waals surface area (Å²) in [5.74, 6) is -6.11. The third kappa shape index (κ3) is 8.05. The van der Waals surface area contributed by atoms with Gasteiger partial charge in [-0.25, -0.2) is 0 Å². The fourth-order valence-electron chi connectivity index (χ4n) is 14.8. The second-order valence-electron chi connectivity index (χ2n) is 25.5. The highest BCUT2D eigenvalue weighted by Gasteiger charge is 2.61. The summed E-state index contributed by atoms with van der Waals surface area (Å²) in [6.45, 7) is 19.7. The molecule has 12 heteroatoms. The molecule has 0 radical (unpaired) electrons. The van der Waals surface area contributed by atoms with E-state index in [1.165, 1.54) is 62.8 Å². The zero-order valence-electron chi connectivity index (χ0n) is 46.7. The largest absolute Gasteiger partial charge is 0.285 e. The number of imide groups is 4. The van der Waals surface area contributed by atoms with Crippen LogP contribution in [0, 0.1) is 61.2 Å². The molecule has 402 valence electrons. The van der Waals surface area contributed by atoms with Gasteiger partial charge < -0.3 is 0 Å². The molecule has 5 aromatic rings. The Kier molecular flexibility index (Phi) is 12.4. The lowest BCUT2D eigenvalue weighted by Gasteiger charge is -2.30. The van der Waals surface area contributed by atoms with Crippen LogP contribution in [0.15, 0.2) is 115 Å². The van der Waals surface area contributed by atoms with Crippen molar-refractivity contribution in [2.45, 2.75) is 116 Å².